The number of carboxylic acid groups (broad SMARTS) is 1. The highest BCUT2D eigenvalue weighted by Gasteiger charge is 2.35. The van der Waals surface area contributed by atoms with Gasteiger partial charge in [0.2, 0.25) is 5.82 Å². The zero-order valence-corrected chi connectivity index (χ0v) is 9.72. The lowest BCUT2D eigenvalue weighted by Gasteiger charge is -2.12. The van der Waals surface area contributed by atoms with Crippen LogP contribution in [0, 0.1) is 11.3 Å². The first-order valence-electron chi connectivity index (χ1n) is 5.23. The molecule has 0 aliphatic carbocycles. The molecule has 0 atom stereocenters. The van der Waals surface area contributed by atoms with E-state index in [1.807, 2.05) is 0 Å². The molecule has 1 aromatic carbocycles. The number of benzene rings is 1. The highest BCUT2D eigenvalue weighted by atomic mass is 19.4. The van der Waals surface area contributed by atoms with Crippen LogP contribution in [0.15, 0.2) is 30.6 Å². The fraction of sp³-hybridized carbons (Fsp3) is 0.0833. The predicted octanol–water partition coefficient (Wildman–Crippen LogP) is 2.46. The van der Waals surface area contributed by atoms with Crippen LogP contribution in [0.5, 0.6) is 0 Å². The van der Waals surface area contributed by atoms with Gasteiger partial charge in [-0.3, -0.25) is 4.57 Å². The molecule has 0 saturated heterocycles. The van der Waals surface area contributed by atoms with Gasteiger partial charge in [-0.05, 0) is 18.2 Å². The molecule has 0 spiro atoms. The maximum absolute atomic E-state index is 12.9. The first-order valence-corrected chi connectivity index (χ1v) is 5.23. The second-order valence-electron chi connectivity index (χ2n) is 3.77. The third-order valence-corrected chi connectivity index (χ3v) is 2.56. The molecule has 102 valence electrons. The highest BCUT2D eigenvalue weighted by Crippen LogP contribution is 2.33. The van der Waals surface area contributed by atoms with Crippen molar-refractivity contribution < 1.29 is 23.1 Å². The third kappa shape index (κ3) is 2.33. The molecular weight excluding hydrogens is 275 g/mol. The van der Waals surface area contributed by atoms with Crippen LogP contribution in [-0.2, 0) is 6.18 Å². The Balaban J connectivity index is 2.65. The summed E-state index contributed by atoms with van der Waals surface area (Å²) in [4.78, 5) is 14.5. The summed E-state index contributed by atoms with van der Waals surface area (Å²) in [5.74, 6) is -1.77. The van der Waals surface area contributed by atoms with Crippen molar-refractivity contribution in [3.05, 3.63) is 47.5 Å². The molecule has 20 heavy (non-hydrogen) atoms. The van der Waals surface area contributed by atoms with Crippen molar-refractivity contribution in [3.8, 4) is 11.8 Å². The summed E-state index contributed by atoms with van der Waals surface area (Å²) < 4.78 is 39.7. The molecule has 0 fully saturated rings. The van der Waals surface area contributed by atoms with Crippen molar-refractivity contribution in [2.24, 2.45) is 0 Å². The molecule has 0 unspecified atom stereocenters. The maximum atomic E-state index is 12.9. The average Bonchev–Trinajstić information content (AvgIpc) is 2.85. The molecule has 0 aliphatic rings. The molecule has 0 bridgehead atoms. The summed E-state index contributed by atoms with van der Waals surface area (Å²) >= 11 is 0. The maximum Gasteiger partial charge on any atom is 0.417 e. The minimum atomic E-state index is -4.81. The number of alkyl halides is 3. The fourth-order valence-corrected chi connectivity index (χ4v) is 1.70. The lowest BCUT2D eigenvalue weighted by molar-refractivity contribution is -0.138. The molecule has 8 heteroatoms. The normalized spacial score (nSPS) is 11.1. The zero-order chi connectivity index (χ0) is 14.9. The predicted molar refractivity (Wildman–Crippen MR) is 60.2 cm³/mol. The minimum absolute atomic E-state index is 0.0105. The number of imidazole rings is 1. The van der Waals surface area contributed by atoms with Gasteiger partial charge in [-0.25, -0.2) is 9.78 Å². The number of carbonyl (C=O) groups is 1. The van der Waals surface area contributed by atoms with Crippen molar-refractivity contribution in [2.45, 2.75) is 6.18 Å². The Hall–Kier alpha value is -2.82. The molecule has 0 amide bonds. The van der Waals surface area contributed by atoms with Crippen molar-refractivity contribution in [1.29, 1.82) is 5.26 Å². The summed E-state index contributed by atoms with van der Waals surface area (Å²) in [5, 5.41) is 17.6. The Morgan fingerprint density at radius 1 is 1.40 bits per heavy atom. The van der Waals surface area contributed by atoms with Crippen molar-refractivity contribution >= 4 is 5.97 Å². The van der Waals surface area contributed by atoms with Crippen molar-refractivity contribution in [3.63, 3.8) is 0 Å². The second kappa shape index (κ2) is 4.70. The Morgan fingerprint density at radius 3 is 2.65 bits per heavy atom. The van der Waals surface area contributed by atoms with Crippen LogP contribution in [0.4, 0.5) is 13.2 Å². The lowest BCUT2D eigenvalue weighted by atomic mass is 10.1. The summed E-state index contributed by atoms with van der Waals surface area (Å²) in [6.45, 7) is 0. The number of carboxylic acids is 1. The van der Waals surface area contributed by atoms with E-state index in [4.69, 9.17) is 10.4 Å². The average molecular weight is 281 g/mol. The van der Waals surface area contributed by atoms with Crippen LogP contribution < -0.4 is 0 Å². The zero-order valence-electron chi connectivity index (χ0n) is 9.72. The SMILES string of the molecule is N#Cc1nccn1-c1ccc(C(=O)O)c(C(F)(F)F)c1. The number of hydrogen-bond acceptors (Lipinski definition) is 3. The van der Waals surface area contributed by atoms with E-state index in [2.05, 4.69) is 4.98 Å². The Bertz CT molecular complexity index is 713. The number of aromatic nitrogens is 2. The molecule has 1 N–H and O–H groups in total. The number of nitrogens with zero attached hydrogens (tertiary/aromatic N) is 3. The Labute approximate surface area is 110 Å². The molecule has 5 nitrogen and oxygen atoms in total. The monoisotopic (exact) mass is 281 g/mol. The van der Waals surface area contributed by atoms with Gasteiger partial charge in [0.05, 0.1) is 11.1 Å². The van der Waals surface area contributed by atoms with Gasteiger partial charge in [0.25, 0.3) is 0 Å². The van der Waals surface area contributed by atoms with Crippen LogP contribution in [0.2, 0.25) is 0 Å². The van der Waals surface area contributed by atoms with Crippen molar-refractivity contribution in [1.82, 2.24) is 9.55 Å². The molecule has 1 heterocycles. The summed E-state index contributed by atoms with van der Waals surface area (Å²) in [7, 11) is 0. The Morgan fingerprint density at radius 2 is 2.10 bits per heavy atom. The van der Waals surface area contributed by atoms with Gasteiger partial charge in [-0.15, -0.1) is 0 Å². The van der Waals surface area contributed by atoms with Gasteiger partial charge in [0.15, 0.2) is 0 Å². The molecule has 2 rings (SSSR count). The lowest BCUT2D eigenvalue weighted by Crippen LogP contribution is -2.14. The quantitative estimate of drug-likeness (QED) is 0.917. The van der Waals surface area contributed by atoms with Gasteiger partial charge in [0.1, 0.15) is 6.07 Å². The van der Waals surface area contributed by atoms with E-state index >= 15 is 0 Å². The van der Waals surface area contributed by atoms with E-state index in [0.717, 1.165) is 10.6 Å². The molecular formula is C12H6F3N3O2. The molecule has 0 radical (unpaired) electrons. The second-order valence-corrected chi connectivity index (χ2v) is 3.77. The van der Waals surface area contributed by atoms with Gasteiger partial charge < -0.3 is 5.11 Å². The van der Waals surface area contributed by atoms with Crippen LogP contribution in [0.1, 0.15) is 21.7 Å². The van der Waals surface area contributed by atoms with E-state index in [9.17, 15) is 18.0 Å². The number of halogens is 3. The molecule has 0 aliphatic heterocycles. The van der Waals surface area contributed by atoms with E-state index in [0.29, 0.717) is 6.07 Å². The molecule has 0 saturated carbocycles. The van der Waals surface area contributed by atoms with Gasteiger partial charge >= 0.3 is 12.1 Å². The number of rotatable bonds is 2. The van der Waals surface area contributed by atoms with Gasteiger partial charge in [0, 0.05) is 18.1 Å². The molecule has 1 aromatic heterocycles. The van der Waals surface area contributed by atoms with Gasteiger partial charge in [-0.1, -0.05) is 0 Å². The van der Waals surface area contributed by atoms with Crippen LogP contribution in [0.3, 0.4) is 0 Å². The van der Waals surface area contributed by atoms with Crippen LogP contribution >= 0.6 is 0 Å². The number of nitriles is 1. The van der Waals surface area contributed by atoms with Crippen LogP contribution in [0.25, 0.3) is 5.69 Å². The third-order valence-electron chi connectivity index (χ3n) is 2.56. The first kappa shape index (κ1) is 13.6. The fourth-order valence-electron chi connectivity index (χ4n) is 1.70. The standard InChI is InChI=1S/C12H6F3N3O2/c13-12(14,15)9-5-7(1-2-8(9)11(19)20)18-4-3-17-10(18)6-16/h1-5H,(H,19,20). The first-order chi connectivity index (χ1) is 9.34. The minimum Gasteiger partial charge on any atom is -0.478 e. The van der Waals surface area contributed by atoms with E-state index in [1.165, 1.54) is 18.5 Å². The summed E-state index contributed by atoms with van der Waals surface area (Å²) in [5.41, 5.74) is -2.11. The highest BCUT2D eigenvalue weighted by molar-refractivity contribution is 5.90. The largest absolute Gasteiger partial charge is 0.478 e. The van der Waals surface area contributed by atoms with E-state index in [1.54, 1.807) is 6.07 Å². The van der Waals surface area contributed by atoms with Gasteiger partial charge in [-0.2, -0.15) is 18.4 Å². The van der Waals surface area contributed by atoms with Crippen LogP contribution in [-0.4, -0.2) is 20.6 Å². The Kier molecular flexibility index (Phi) is 3.19. The number of hydrogen-bond donors (Lipinski definition) is 1. The summed E-state index contributed by atoms with van der Waals surface area (Å²) in [6.07, 6.45) is -2.23. The topological polar surface area (TPSA) is 78.9 Å². The van der Waals surface area contributed by atoms with E-state index in [-0.39, 0.29) is 11.5 Å². The summed E-state index contributed by atoms with van der Waals surface area (Å²) in [6, 6.07) is 4.43. The van der Waals surface area contributed by atoms with Crippen molar-refractivity contribution in [2.75, 3.05) is 0 Å². The number of aromatic carboxylic acids is 1. The molecule has 2 aromatic rings. The van der Waals surface area contributed by atoms with E-state index < -0.39 is 23.3 Å². The smallest absolute Gasteiger partial charge is 0.417 e.